The van der Waals surface area contributed by atoms with Crippen LogP contribution in [-0.4, -0.2) is 11.3 Å². The molecule has 1 aromatic rings. The molecule has 0 fully saturated rings. The lowest BCUT2D eigenvalue weighted by molar-refractivity contribution is 0.0173. The summed E-state index contributed by atoms with van der Waals surface area (Å²) >= 11 is 0. The van der Waals surface area contributed by atoms with Crippen molar-refractivity contribution in [1.29, 1.82) is 0 Å². The first kappa shape index (κ1) is 8.77. The third kappa shape index (κ3) is 1.84. The molecular weight excluding hydrogens is 164 g/mol. The number of rotatable bonds is 2. The number of aldehydes is 1. The molecule has 0 unspecified atom stereocenters. The van der Waals surface area contributed by atoms with Crippen molar-refractivity contribution in [2.45, 2.75) is 12.8 Å². The first-order valence-corrected chi connectivity index (χ1v) is 3.33. The molecule has 0 aliphatic heterocycles. The van der Waals surface area contributed by atoms with Crippen LogP contribution in [0.5, 0.6) is 0 Å². The van der Waals surface area contributed by atoms with Gasteiger partial charge in [-0.25, -0.2) is 8.78 Å². The summed E-state index contributed by atoms with van der Waals surface area (Å²) in [5.41, 5.74) is -0.173. The molecule has 0 atom stereocenters. The van der Waals surface area contributed by atoms with Crippen LogP contribution in [0.2, 0.25) is 0 Å². The van der Waals surface area contributed by atoms with Crippen LogP contribution in [0.4, 0.5) is 8.78 Å². The summed E-state index contributed by atoms with van der Waals surface area (Å²) in [4.78, 5) is 13.7. The van der Waals surface area contributed by atoms with Crippen LogP contribution in [-0.2, 0) is 5.92 Å². The van der Waals surface area contributed by atoms with E-state index in [-0.39, 0.29) is 11.3 Å². The van der Waals surface area contributed by atoms with Gasteiger partial charge in [-0.1, -0.05) is 0 Å². The van der Waals surface area contributed by atoms with E-state index in [4.69, 9.17) is 0 Å². The highest BCUT2D eigenvalue weighted by atomic mass is 19.3. The number of aromatic nitrogens is 1. The summed E-state index contributed by atoms with van der Waals surface area (Å²) < 4.78 is 25.3. The van der Waals surface area contributed by atoms with Crippen LogP contribution >= 0.6 is 0 Å². The normalized spacial score (nSPS) is 11.2. The average molecular weight is 171 g/mol. The number of alkyl halides is 2. The zero-order valence-corrected chi connectivity index (χ0v) is 6.42. The third-order valence-corrected chi connectivity index (χ3v) is 1.41. The highest BCUT2D eigenvalue weighted by Crippen LogP contribution is 2.26. The van der Waals surface area contributed by atoms with Gasteiger partial charge in [0.2, 0.25) is 0 Å². The predicted octanol–water partition coefficient (Wildman–Crippen LogP) is 2.01. The van der Waals surface area contributed by atoms with Gasteiger partial charge in [-0.3, -0.25) is 9.78 Å². The maximum absolute atomic E-state index is 12.6. The molecule has 0 aliphatic rings. The van der Waals surface area contributed by atoms with E-state index in [1.54, 1.807) is 0 Å². The molecule has 0 bridgehead atoms. The quantitative estimate of drug-likeness (QED) is 0.637. The number of hydrogen-bond donors (Lipinski definition) is 0. The zero-order valence-electron chi connectivity index (χ0n) is 6.42. The second-order valence-corrected chi connectivity index (χ2v) is 2.48. The van der Waals surface area contributed by atoms with Crippen molar-refractivity contribution >= 4 is 6.29 Å². The molecule has 1 aromatic heterocycles. The number of nitrogens with zero attached hydrogens (tertiary/aromatic N) is 1. The van der Waals surface area contributed by atoms with Gasteiger partial charge in [0.15, 0.2) is 6.29 Å². The van der Waals surface area contributed by atoms with Crippen LogP contribution in [0.15, 0.2) is 18.3 Å². The van der Waals surface area contributed by atoms with E-state index in [1.165, 1.54) is 12.3 Å². The van der Waals surface area contributed by atoms with Gasteiger partial charge in [0.25, 0.3) is 5.92 Å². The van der Waals surface area contributed by atoms with Gasteiger partial charge < -0.3 is 0 Å². The summed E-state index contributed by atoms with van der Waals surface area (Å²) in [6.45, 7) is 0.775. The van der Waals surface area contributed by atoms with Crippen molar-refractivity contribution in [2.24, 2.45) is 0 Å². The van der Waals surface area contributed by atoms with E-state index in [2.05, 4.69) is 4.98 Å². The molecule has 12 heavy (non-hydrogen) atoms. The number of hydrogen-bond acceptors (Lipinski definition) is 2. The smallest absolute Gasteiger partial charge is 0.270 e. The molecule has 1 heterocycles. The lowest BCUT2D eigenvalue weighted by atomic mass is 10.1. The van der Waals surface area contributed by atoms with Gasteiger partial charge >= 0.3 is 0 Å². The van der Waals surface area contributed by atoms with Crippen LogP contribution in [0.3, 0.4) is 0 Å². The monoisotopic (exact) mass is 171 g/mol. The highest BCUT2D eigenvalue weighted by molar-refractivity contribution is 5.71. The predicted molar refractivity (Wildman–Crippen MR) is 39.2 cm³/mol. The third-order valence-electron chi connectivity index (χ3n) is 1.41. The first-order valence-electron chi connectivity index (χ1n) is 3.33. The first-order chi connectivity index (χ1) is 5.54. The molecule has 0 N–H and O–H groups in total. The van der Waals surface area contributed by atoms with E-state index < -0.39 is 5.92 Å². The minimum atomic E-state index is -2.92. The van der Waals surface area contributed by atoms with E-state index in [9.17, 15) is 13.6 Å². The zero-order chi connectivity index (χ0) is 9.19. The molecule has 64 valence electrons. The largest absolute Gasteiger partial charge is 0.296 e. The van der Waals surface area contributed by atoms with Crippen molar-refractivity contribution in [3.05, 3.63) is 29.6 Å². The number of carbonyl (C=O) groups excluding carboxylic acids is 1. The van der Waals surface area contributed by atoms with Gasteiger partial charge in [0.1, 0.15) is 5.69 Å². The Labute approximate surface area is 68.2 Å². The number of halogens is 2. The van der Waals surface area contributed by atoms with E-state index in [1.807, 2.05) is 0 Å². The Hall–Kier alpha value is -1.32. The standard InChI is InChI=1S/C8H7F2NO/c1-8(9,10)6-2-3-11-7(4-6)5-12/h2-5H,1H3. The van der Waals surface area contributed by atoms with Crippen molar-refractivity contribution < 1.29 is 13.6 Å². The molecule has 0 saturated heterocycles. The van der Waals surface area contributed by atoms with E-state index >= 15 is 0 Å². The molecule has 0 aliphatic carbocycles. The van der Waals surface area contributed by atoms with Crippen LogP contribution in [0.25, 0.3) is 0 Å². The van der Waals surface area contributed by atoms with Crippen molar-refractivity contribution in [1.82, 2.24) is 4.98 Å². The fourth-order valence-corrected chi connectivity index (χ4v) is 0.786. The summed E-state index contributed by atoms with van der Waals surface area (Å²) in [7, 11) is 0. The van der Waals surface area contributed by atoms with Crippen LogP contribution in [0.1, 0.15) is 23.0 Å². The lowest BCUT2D eigenvalue weighted by Crippen LogP contribution is -2.07. The summed E-state index contributed by atoms with van der Waals surface area (Å²) in [6, 6.07) is 2.26. The molecule has 0 saturated carbocycles. The highest BCUT2D eigenvalue weighted by Gasteiger charge is 2.24. The SMILES string of the molecule is CC(F)(F)c1ccnc(C=O)c1. The Morgan fingerprint density at radius 3 is 2.75 bits per heavy atom. The molecule has 4 heteroatoms. The van der Waals surface area contributed by atoms with Crippen LogP contribution < -0.4 is 0 Å². The fraction of sp³-hybridized carbons (Fsp3) is 0.250. The van der Waals surface area contributed by atoms with Gasteiger partial charge in [-0.15, -0.1) is 0 Å². The van der Waals surface area contributed by atoms with Gasteiger partial charge in [0.05, 0.1) is 0 Å². The Kier molecular flexibility index (Phi) is 2.17. The van der Waals surface area contributed by atoms with E-state index in [0.717, 1.165) is 13.0 Å². The molecule has 0 amide bonds. The van der Waals surface area contributed by atoms with Gasteiger partial charge in [-0.05, 0) is 12.1 Å². The lowest BCUT2D eigenvalue weighted by Gasteiger charge is -2.09. The van der Waals surface area contributed by atoms with Crippen molar-refractivity contribution in [2.75, 3.05) is 0 Å². The summed E-state index contributed by atoms with van der Waals surface area (Å²) in [5.74, 6) is -2.92. The second-order valence-electron chi connectivity index (χ2n) is 2.48. The minimum Gasteiger partial charge on any atom is -0.296 e. The number of pyridine rings is 1. The Balaban J connectivity index is 3.10. The summed E-state index contributed by atoms with van der Waals surface area (Å²) in [6.07, 6.45) is 1.63. The maximum Gasteiger partial charge on any atom is 0.270 e. The van der Waals surface area contributed by atoms with Crippen molar-refractivity contribution in [3.8, 4) is 0 Å². The number of carbonyl (C=O) groups is 1. The molecule has 0 spiro atoms. The van der Waals surface area contributed by atoms with Crippen LogP contribution in [0, 0.1) is 0 Å². The maximum atomic E-state index is 12.6. The second kappa shape index (κ2) is 2.97. The van der Waals surface area contributed by atoms with E-state index in [0.29, 0.717) is 6.29 Å². The fourth-order valence-electron chi connectivity index (χ4n) is 0.786. The Morgan fingerprint density at radius 2 is 2.25 bits per heavy atom. The molecule has 0 radical (unpaired) electrons. The molecule has 0 aromatic carbocycles. The summed E-state index contributed by atoms with van der Waals surface area (Å²) in [5, 5.41) is 0. The van der Waals surface area contributed by atoms with Gasteiger partial charge in [0, 0.05) is 18.7 Å². The minimum absolute atomic E-state index is 0.0222. The average Bonchev–Trinajstić information content (AvgIpc) is 2.03. The molecule has 2 nitrogen and oxygen atoms in total. The molecule has 1 rings (SSSR count). The Morgan fingerprint density at radius 1 is 1.58 bits per heavy atom. The molecular formula is C8H7F2NO. The topological polar surface area (TPSA) is 30.0 Å². The van der Waals surface area contributed by atoms with Crippen molar-refractivity contribution in [3.63, 3.8) is 0 Å². The van der Waals surface area contributed by atoms with Gasteiger partial charge in [-0.2, -0.15) is 0 Å². The Bertz CT molecular complexity index is 293.